The molecule has 2 N–H and O–H groups in total. The molecule has 0 aliphatic heterocycles. The lowest BCUT2D eigenvalue weighted by Gasteiger charge is -2.24. The molecule has 0 aliphatic carbocycles. The first-order valence-corrected chi connectivity index (χ1v) is 12.6. The van der Waals surface area contributed by atoms with E-state index in [1.54, 1.807) is 22.9 Å². The van der Waals surface area contributed by atoms with E-state index in [0.29, 0.717) is 28.8 Å². The van der Waals surface area contributed by atoms with Gasteiger partial charge >= 0.3 is 6.03 Å². The number of anilines is 2. The van der Waals surface area contributed by atoms with Crippen LogP contribution < -0.4 is 10.6 Å². The van der Waals surface area contributed by atoms with Crippen LogP contribution in [0.3, 0.4) is 0 Å². The van der Waals surface area contributed by atoms with E-state index in [1.807, 2.05) is 50.2 Å². The Kier molecular flexibility index (Phi) is 8.61. The molecule has 2 aromatic carbocycles. The van der Waals surface area contributed by atoms with Crippen molar-refractivity contribution < 1.29 is 9.59 Å². The maximum atomic E-state index is 13.1. The van der Waals surface area contributed by atoms with E-state index >= 15 is 0 Å². The number of carbonyl (C=O) groups excluding carboxylic acids is 2. The summed E-state index contributed by atoms with van der Waals surface area (Å²) in [5.41, 5.74) is 1.88. The normalized spacial score (nSPS) is 11.4. The van der Waals surface area contributed by atoms with Gasteiger partial charge in [-0.05, 0) is 42.3 Å². The number of hydrogen-bond donors (Lipinski definition) is 2. The second-order valence-corrected chi connectivity index (χ2v) is 11.1. The Morgan fingerprint density at radius 1 is 1.09 bits per heavy atom. The predicted octanol–water partition coefficient (Wildman–Crippen LogP) is 6.71. The lowest BCUT2D eigenvalue weighted by Crippen LogP contribution is -2.42. The van der Waals surface area contributed by atoms with Crippen LogP contribution in [-0.2, 0) is 10.2 Å². The molecule has 1 aromatic heterocycles. The Balaban J connectivity index is 1.82. The molecule has 1 heterocycles. The molecule has 186 valence electrons. The lowest BCUT2D eigenvalue weighted by molar-refractivity contribution is -0.116. The molecular weight excluding hydrogens is 530 g/mol. The number of hydrogen-bond acceptors (Lipinski definition) is 3. The summed E-state index contributed by atoms with van der Waals surface area (Å²) in [5, 5.41) is 11.0. The fourth-order valence-electron chi connectivity index (χ4n) is 3.40. The quantitative estimate of drug-likeness (QED) is 0.337. The minimum Gasteiger partial charge on any atom is -0.315 e. The summed E-state index contributed by atoms with van der Waals surface area (Å²) in [6.07, 6.45) is 0. The van der Waals surface area contributed by atoms with Gasteiger partial charge in [0.1, 0.15) is 12.4 Å². The first-order chi connectivity index (χ1) is 16.4. The zero-order chi connectivity index (χ0) is 25.8. The molecule has 0 bridgehead atoms. The topological polar surface area (TPSA) is 79.3 Å². The highest BCUT2D eigenvalue weighted by molar-refractivity contribution is 9.10. The number of carbonyl (C=O) groups is 2. The van der Waals surface area contributed by atoms with Crippen molar-refractivity contribution in [3.63, 3.8) is 0 Å². The van der Waals surface area contributed by atoms with Crippen LogP contribution in [0.2, 0.25) is 5.02 Å². The maximum absolute atomic E-state index is 13.1. The largest absolute Gasteiger partial charge is 0.322 e. The standard InChI is InChI=1S/C26H31BrClN5O2/c1-17(2)15-32(25(35)29-19-12-10-18(27)11-13-19)16-24(34)30-23-14-22(26(3,4)5)31-33(23)21-9-7-6-8-20(21)28/h6-14,17H,15-16H2,1-5H3,(H,29,35)(H,30,34). The Labute approximate surface area is 220 Å². The van der Waals surface area contributed by atoms with Gasteiger partial charge < -0.3 is 15.5 Å². The van der Waals surface area contributed by atoms with Gasteiger partial charge in [-0.1, -0.05) is 74.3 Å². The molecule has 0 aliphatic rings. The zero-order valence-electron chi connectivity index (χ0n) is 20.6. The smallest absolute Gasteiger partial charge is 0.315 e. The minimum absolute atomic E-state index is 0.112. The molecule has 35 heavy (non-hydrogen) atoms. The first kappa shape index (κ1) is 26.8. The van der Waals surface area contributed by atoms with Crippen LogP contribution in [0.15, 0.2) is 59.1 Å². The molecular formula is C26H31BrClN5O2. The maximum Gasteiger partial charge on any atom is 0.322 e. The van der Waals surface area contributed by atoms with Crippen molar-refractivity contribution in [1.29, 1.82) is 0 Å². The third kappa shape index (κ3) is 7.32. The van der Waals surface area contributed by atoms with Crippen LogP contribution in [0.5, 0.6) is 0 Å². The van der Waals surface area contributed by atoms with Crippen LogP contribution >= 0.6 is 27.5 Å². The summed E-state index contributed by atoms with van der Waals surface area (Å²) in [6.45, 7) is 10.5. The molecule has 3 aromatic rings. The number of benzene rings is 2. The summed E-state index contributed by atoms with van der Waals surface area (Å²) in [6, 6.07) is 16.1. The van der Waals surface area contributed by atoms with Crippen molar-refractivity contribution in [3.05, 3.63) is 69.8 Å². The van der Waals surface area contributed by atoms with Crippen LogP contribution in [0.1, 0.15) is 40.3 Å². The third-order valence-electron chi connectivity index (χ3n) is 5.13. The van der Waals surface area contributed by atoms with Gasteiger partial charge in [0.15, 0.2) is 0 Å². The number of rotatable bonds is 7. The van der Waals surface area contributed by atoms with E-state index < -0.39 is 0 Å². The number of halogens is 2. The number of amides is 3. The third-order valence-corrected chi connectivity index (χ3v) is 5.98. The molecule has 0 fully saturated rings. The molecule has 3 amide bonds. The average Bonchev–Trinajstić information content (AvgIpc) is 3.18. The Morgan fingerprint density at radius 3 is 2.34 bits per heavy atom. The molecule has 7 nitrogen and oxygen atoms in total. The molecule has 0 saturated heterocycles. The van der Waals surface area contributed by atoms with Crippen LogP contribution in [-0.4, -0.2) is 39.7 Å². The number of nitrogens with one attached hydrogen (secondary N) is 2. The number of aromatic nitrogens is 2. The van der Waals surface area contributed by atoms with Gasteiger partial charge in [0.2, 0.25) is 5.91 Å². The molecule has 0 atom stereocenters. The highest BCUT2D eigenvalue weighted by Crippen LogP contribution is 2.29. The molecule has 3 rings (SSSR count). The van der Waals surface area contributed by atoms with Crippen molar-refractivity contribution in [3.8, 4) is 5.69 Å². The number of nitrogens with zero attached hydrogens (tertiary/aromatic N) is 3. The van der Waals surface area contributed by atoms with E-state index in [0.717, 1.165) is 10.2 Å². The zero-order valence-corrected chi connectivity index (χ0v) is 22.9. The van der Waals surface area contributed by atoms with Crippen molar-refractivity contribution in [2.24, 2.45) is 5.92 Å². The van der Waals surface area contributed by atoms with Gasteiger partial charge in [0.05, 0.1) is 16.4 Å². The second kappa shape index (κ2) is 11.3. The summed E-state index contributed by atoms with van der Waals surface area (Å²) in [7, 11) is 0. The molecule has 0 spiro atoms. The van der Waals surface area contributed by atoms with Crippen LogP contribution in [0, 0.1) is 5.92 Å². The number of urea groups is 1. The summed E-state index contributed by atoms with van der Waals surface area (Å²) < 4.78 is 2.55. The summed E-state index contributed by atoms with van der Waals surface area (Å²) in [5.74, 6) is 0.343. The van der Waals surface area contributed by atoms with E-state index in [9.17, 15) is 9.59 Å². The van der Waals surface area contributed by atoms with E-state index in [4.69, 9.17) is 16.7 Å². The molecule has 0 radical (unpaired) electrons. The predicted molar refractivity (Wildman–Crippen MR) is 145 cm³/mol. The van der Waals surface area contributed by atoms with E-state index in [1.165, 1.54) is 4.90 Å². The summed E-state index contributed by atoms with van der Waals surface area (Å²) in [4.78, 5) is 27.6. The second-order valence-electron chi connectivity index (χ2n) is 9.79. The van der Waals surface area contributed by atoms with E-state index in [-0.39, 0.29) is 29.8 Å². The number of para-hydroxylation sites is 1. The molecule has 0 unspecified atom stereocenters. The van der Waals surface area contributed by atoms with Crippen molar-refractivity contribution in [2.75, 3.05) is 23.7 Å². The SMILES string of the molecule is CC(C)CN(CC(=O)Nc1cc(C(C)(C)C)nn1-c1ccccc1Cl)C(=O)Nc1ccc(Br)cc1. The van der Waals surface area contributed by atoms with Gasteiger partial charge in [0, 0.05) is 28.2 Å². The van der Waals surface area contributed by atoms with Crippen LogP contribution in [0.25, 0.3) is 5.69 Å². The minimum atomic E-state index is -0.342. The van der Waals surface area contributed by atoms with Crippen molar-refractivity contribution in [2.45, 2.75) is 40.0 Å². The van der Waals surface area contributed by atoms with Gasteiger partial charge in [-0.3, -0.25) is 4.79 Å². The molecule has 9 heteroatoms. The van der Waals surface area contributed by atoms with Gasteiger partial charge in [-0.2, -0.15) is 5.10 Å². The monoisotopic (exact) mass is 559 g/mol. The Bertz CT molecular complexity index is 1190. The van der Waals surface area contributed by atoms with E-state index in [2.05, 4.69) is 47.3 Å². The first-order valence-electron chi connectivity index (χ1n) is 11.4. The lowest BCUT2D eigenvalue weighted by atomic mass is 9.92. The highest BCUT2D eigenvalue weighted by atomic mass is 79.9. The van der Waals surface area contributed by atoms with Crippen molar-refractivity contribution in [1.82, 2.24) is 14.7 Å². The fourth-order valence-corrected chi connectivity index (χ4v) is 3.88. The highest BCUT2D eigenvalue weighted by Gasteiger charge is 2.24. The van der Waals surface area contributed by atoms with Gasteiger partial charge in [-0.15, -0.1) is 0 Å². The van der Waals surface area contributed by atoms with Crippen LogP contribution in [0.4, 0.5) is 16.3 Å². The van der Waals surface area contributed by atoms with Gasteiger partial charge in [0.25, 0.3) is 0 Å². The molecule has 0 saturated carbocycles. The Morgan fingerprint density at radius 2 is 1.74 bits per heavy atom. The van der Waals surface area contributed by atoms with Crippen molar-refractivity contribution >= 4 is 51.0 Å². The Hall–Kier alpha value is -2.84. The van der Waals surface area contributed by atoms with Gasteiger partial charge in [-0.25, -0.2) is 9.48 Å². The summed E-state index contributed by atoms with van der Waals surface area (Å²) >= 11 is 9.81. The average molecular weight is 561 g/mol. The fraction of sp³-hybridized carbons (Fsp3) is 0.346.